The first-order valence-electron chi connectivity index (χ1n) is 10.0. The topological polar surface area (TPSA) is 63.7 Å². The second-order valence-electron chi connectivity index (χ2n) is 7.59. The van der Waals surface area contributed by atoms with Crippen LogP contribution in [0.4, 0.5) is 0 Å². The molecule has 2 amide bonds. The van der Waals surface area contributed by atoms with Gasteiger partial charge in [0.05, 0.1) is 11.1 Å². The first-order chi connectivity index (χ1) is 14.6. The van der Waals surface area contributed by atoms with Crippen molar-refractivity contribution in [1.82, 2.24) is 5.06 Å². The van der Waals surface area contributed by atoms with Crippen LogP contribution in [-0.4, -0.2) is 22.8 Å². The molecule has 0 fully saturated rings. The summed E-state index contributed by atoms with van der Waals surface area (Å²) in [6.07, 6.45) is 2.37. The number of carbonyl (C=O) groups excluding carboxylic acids is 3. The van der Waals surface area contributed by atoms with Crippen LogP contribution in [0.2, 0.25) is 0 Å². The number of carbonyl (C=O) groups is 3. The first-order valence-corrected chi connectivity index (χ1v) is 10.0. The monoisotopic (exact) mass is 397 g/mol. The Morgan fingerprint density at radius 1 is 0.800 bits per heavy atom. The van der Waals surface area contributed by atoms with Gasteiger partial charge in [-0.1, -0.05) is 59.7 Å². The zero-order valence-electron chi connectivity index (χ0n) is 16.3. The van der Waals surface area contributed by atoms with E-state index < -0.39 is 17.8 Å². The molecule has 1 aliphatic heterocycles. The zero-order chi connectivity index (χ0) is 20.7. The molecule has 2 aliphatic rings. The molecule has 0 radical (unpaired) electrons. The van der Waals surface area contributed by atoms with E-state index in [9.17, 15) is 14.4 Å². The number of hydrogen-bond acceptors (Lipinski definition) is 4. The number of amides is 2. The summed E-state index contributed by atoms with van der Waals surface area (Å²) in [6, 6.07) is 21.3. The number of imide groups is 1. The van der Waals surface area contributed by atoms with E-state index in [0.717, 1.165) is 12.0 Å². The van der Waals surface area contributed by atoms with Crippen LogP contribution in [0.1, 0.15) is 50.2 Å². The van der Waals surface area contributed by atoms with Gasteiger partial charge in [-0.2, -0.15) is 0 Å². The van der Waals surface area contributed by atoms with Crippen LogP contribution in [0, 0.1) is 0 Å². The van der Waals surface area contributed by atoms with Crippen molar-refractivity contribution >= 4 is 17.8 Å². The molecule has 1 aliphatic carbocycles. The molecule has 1 heterocycles. The van der Waals surface area contributed by atoms with Gasteiger partial charge in [0.1, 0.15) is 0 Å². The average Bonchev–Trinajstić information content (AvgIpc) is 3.25. The highest BCUT2D eigenvalue weighted by atomic mass is 16.7. The molecule has 0 bridgehead atoms. The fraction of sp³-hybridized carbons (Fsp3) is 0.160. The van der Waals surface area contributed by atoms with Gasteiger partial charge in [-0.25, -0.2) is 4.79 Å². The lowest BCUT2D eigenvalue weighted by Gasteiger charge is -2.12. The molecule has 5 rings (SSSR count). The quantitative estimate of drug-likeness (QED) is 0.470. The largest absolute Gasteiger partial charge is 0.333 e. The normalized spacial score (nSPS) is 13.8. The Bertz CT molecular complexity index is 1160. The van der Waals surface area contributed by atoms with Crippen molar-refractivity contribution in [3.8, 4) is 11.1 Å². The number of hydroxylamine groups is 2. The molecule has 0 aromatic heterocycles. The number of hydrogen-bond donors (Lipinski definition) is 0. The standard InChI is InChI=1S/C25H19NO4/c27-23(30-26-24(28)20-9-3-4-10-21(20)25(26)29)11-5-6-16-12-13-18-15-17-7-1-2-8-19(17)22(18)14-16/h1-4,7-10,12-14H,5-6,11,15H2. The molecule has 0 saturated heterocycles. The average molecular weight is 397 g/mol. The fourth-order valence-corrected chi connectivity index (χ4v) is 4.16. The van der Waals surface area contributed by atoms with Gasteiger partial charge in [-0.15, -0.1) is 0 Å². The van der Waals surface area contributed by atoms with E-state index in [1.807, 2.05) is 0 Å². The Kier molecular flexibility index (Phi) is 4.43. The number of benzene rings is 3. The minimum atomic E-state index is -0.596. The summed E-state index contributed by atoms with van der Waals surface area (Å²) in [6.45, 7) is 0. The lowest BCUT2D eigenvalue weighted by molar-refractivity contribution is -0.168. The van der Waals surface area contributed by atoms with E-state index in [1.54, 1.807) is 24.3 Å². The van der Waals surface area contributed by atoms with Crippen molar-refractivity contribution in [3.05, 3.63) is 94.5 Å². The number of fused-ring (bicyclic) bond motifs is 4. The van der Waals surface area contributed by atoms with Gasteiger partial charge in [0.25, 0.3) is 11.8 Å². The van der Waals surface area contributed by atoms with E-state index in [4.69, 9.17) is 4.84 Å². The maximum Gasteiger partial charge on any atom is 0.333 e. The van der Waals surface area contributed by atoms with Gasteiger partial charge in [-0.3, -0.25) is 9.59 Å². The Morgan fingerprint density at radius 2 is 1.43 bits per heavy atom. The van der Waals surface area contributed by atoms with E-state index in [1.165, 1.54) is 22.3 Å². The molecule has 0 atom stereocenters. The number of aryl methyl sites for hydroxylation is 1. The van der Waals surface area contributed by atoms with E-state index >= 15 is 0 Å². The predicted octanol–water partition coefficient (Wildman–Crippen LogP) is 4.33. The molecular weight excluding hydrogens is 378 g/mol. The molecule has 3 aromatic carbocycles. The third kappa shape index (κ3) is 3.08. The molecule has 0 N–H and O–H groups in total. The van der Waals surface area contributed by atoms with Crippen molar-refractivity contribution in [3.63, 3.8) is 0 Å². The molecule has 148 valence electrons. The molecule has 0 saturated carbocycles. The summed E-state index contributed by atoms with van der Waals surface area (Å²) >= 11 is 0. The summed E-state index contributed by atoms with van der Waals surface area (Å²) in [4.78, 5) is 41.8. The summed E-state index contributed by atoms with van der Waals surface area (Å²) in [5, 5.41) is 0.569. The first kappa shape index (κ1) is 18.3. The summed E-state index contributed by atoms with van der Waals surface area (Å²) in [7, 11) is 0. The predicted molar refractivity (Wildman–Crippen MR) is 111 cm³/mol. The number of rotatable bonds is 5. The van der Waals surface area contributed by atoms with Crippen molar-refractivity contribution in [2.75, 3.05) is 0 Å². The van der Waals surface area contributed by atoms with Crippen LogP contribution in [0.15, 0.2) is 66.7 Å². The van der Waals surface area contributed by atoms with Gasteiger partial charge >= 0.3 is 5.97 Å². The van der Waals surface area contributed by atoms with Gasteiger partial charge in [0, 0.05) is 6.42 Å². The summed E-state index contributed by atoms with van der Waals surface area (Å²) in [5.74, 6) is -1.78. The van der Waals surface area contributed by atoms with E-state index in [-0.39, 0.29) is 17.5 Å². The van der Waals surface area contributed by atoms with Crippen molar-refractivity contribution in [2.45, 2.75) is 25.7 Å². The highest BCUT2D eigenvalue weighted by molar-refractivity contribution is 6.20. The van der Waals surface area contributed by atoms with Crippen molar-refractivity contribution in [1.29, 1.82) is 0 Å². The van der Waals surface area contributed by atoms with Crippen molar-refractivity contribution < 1.29 is 19.2 Å². The molecule has 30 heavy (non-hydrogen) atoms. The zero-order valence-corrected chi connectivity index (χ0v) is 16.3. The van der Waals surface area contributed by atoms with Crippen LogP contribution in [0.5, 0.6) is 0 Å². The maximum atomic E-state index is 12.3. The molecule has 5 nitrogen and oxygen atoms in total. The maximum absolute atomic E-state index is 12.3. The third-order valence-electron chi connectivity index (χ3n) is 5.66. The van der Waals surface area contributed by atoms with E-state index in [2.05, 4.69) is 42.5 Å². The second kappa shape index (κ2) is 7.26. The minimum Gasteiger partial charge on any atom is -0.330 e. The molecule has 0 unspecified atom stereocenters. The SMILES string of the molecule is O=C(CCCc1ccc2c(c1)-c1ccccc1C2)ON1C(=O)c2ccccc2C1=O. The molecule has 3 aromatic rings. The van der Waals surface area contributed by atoms with Crippen LogP contribution >= 0.6 is 0 Å². The van der Waals surface area contributed by atoms with Gasteiger partial charge in [0.2, 0.25) is 0 Å². The van der Waals surface area contributed by atoms with Crippen LogP contribution in [0.25, 0.3) is 11.1 Å². The van der Waals surface area contributed by atoms with Crippen LogP contribution < -0.4 is 0 Å². The van der Waals surface area contributed by atoms with Gasteiger partial charge in [0.15, 0.2) is 0 Å². The highest BCUT2D eigenvalue weighted by Crippen LogP contribution is 2.37. The second-order valence-corrected chi connectivity index (χ2v) is 7.59. The van der Waals surface area contributed by atoms with Gasteiger partial charge < -0.3 is 4.84 Å². The Morgan fingerprint density at radius 3 is 2.17 bits per heavy atom. The van der Waals surface area contributed by atoms with E-state index in [0.29, 0.717) is 17.9 Å². The molecule has 5 heteroatoms. The Balaban J connectivity index is 1.19. The molecular formula is C25H19NO4. The third-order valence-corrected chi connectivity index (χ3v) is 5.66. The van der Waals surface area contributed by atoms with Crippen LogP contribution in [0.3, 0.4) is 0 Å². The Hall–Kier alpha value is -3.73. The lowest BCUT2D eigenvalue weighted by Crippen LogP contribution is -2.32. The number of nitrogens with zero attached hydrogens (tertiary/aromatic N) is 1. The summed E-state index contributed by atoms with van der Waals surface area (Å²) in [5.41, 5.74) is 6.87. The summed E-state index contributed by atoms with van der Waals surface area (Å²) < 4.78 is 0. The fourth-order valence-electron chi connectivity index (χ4n) is 4.16. The Labute approximate surface area is 173 Å². The molecule has 0 spiro atoms. The smallest absolute Gasteiger partial charge is 0.330 e. The van der Waals surface area contributed by atoms with Crippen molar-refractivity contribution in [2.24, 2.45) is 0 Å². The van der Waals surface area contributed by atoms with Gasteiger partial charge in [-0.05, 0) is 59.2 Å². The highest BCUT2D eigenvalue weighted by Gasteiger charge is 2.38. The minimum absolute atomic E-state index is 0.126. The van der Waals surface area contributed by atoms with Crippen LogP contribution in [-0.2, 0) is 22.5 Å². The lowest BCUT2D eigenvalue weighted by atomic mass is 10.00.